The lowest BCUT2D eigenvalue weighted by atomic mass is 10.1. The van der Waals surface area contributed by atoms with E-state index >= 15 is 0 Å². The Bertz CT molecular complexity index is 1120. The van der Waals surface area contributed by atoms with Gasteiger partial charge >= 0.3 is 24.1 Å². The summed E-state index contributed by atoms with van der Waals surface area (Å²) in [7, 11) is 0. The van der Waals surface area contributed by atoms with Crippen molar-refractivity contribution in [1.82, 2.24) is 0 Å². The van der Waals surface area contributed by atoms with Crippen LogP contribution < -0.4 is 19.9 Å². The lowest BCUT2D eigenvalue weighted by Gasteiger charge is -2.18. The summed E-state index contributed by atoms with van der Waals surface area (Å²) in [5.74, 6) is -1.85. The van der Waals surface area contributed by atoms with Gasteiger partial charge in [0.15, 0.2) is 11.5 Å². The number of carbonyl (C=O) groups excluding carboxylic acids is 4. The predicted molar refractivity (Wildman–Crippen MR) is 142 cm³/mol. The van der Waals surface area contributed by atoms with E-state index in [0.29, 0.717) is 24.2 Å². The number of hydrogen-bond donors (Lipinski definition) is 1. The number of nitrogens with two attached hydrogens (primary N) is 1. The van der Waals surface area contributed by atoms with Gasteiger partial charge in [-0.2, -0.15) is 0 Å². The predicted octanol–water partition coefficient (Wildman–Crippen LogP) is 4.61. The molecule has 0 bridgehead atoms. The molecule has 10 nitrogen and oxygen atoms in total. The van der Waals surface area contributed by atoms with Crippen molar-refractivity contribution in [3.8, 4) is 17.2 Å². The highest BCUT2D eigenvalue weighted by Gasteiger charge is 2.23. The molecular formula is C29H37NO9. The molecule has 39 heavy (non-hydrogen) atoms. The summed E-state index contributed by atoms with van der Waals surface area (Å²) in [4.78, 5) is 49.1. The summed E-state index contributed by atoms with van der Waals surface area (Å²) in [6.07, 6.45) is -0.490. The van der Waals surface area contributed by atoms with Crippen molar-refractivity contribution < 1.29 is 42.9 Å². The van der Waals surface area contributed by atoms with Gasteiger partial charge in [-0.3, -0.25) is 14.4 Å². The zero-order chi connectivity index (χ0) is 28.9. The van der Waals surface area contributed by atoms with E-state index in [2.05, 4.69) is 0 Å². The molecule has 10 heteroatoms. The summed E-state index contributed by atoms with van der Waals surface area (Å²) in [6.45, 7) is 8.51. The molecule has 2 rings (SSSR count). The van der Waals surface area contributed by atoms with Crippen molar-refractivity contribution in [2.24, 2.45) is 17.6 Å². The Morgan fingerprint density at radius 1 is 0.769 bits per heavy atom. The van der Waals surface area contributed by atoms with Gasteiger partial charge in [-0.25, -0.2) is 4.79 Å². The van der Waals surface area contributed by atoms with E-state index in [0.717, 1.165) is 0 Å². The molecule has 2 N–H and O–H groups in total. The van der Waals surface area contributed by atoms with Crippen molar-refractivity contribution in [3.05, 3.63) is 54.1 Å². The number of rotatable bonds is 13. The number of benzene rings is 2. The maximum atomic E-state index is 12.5. The SMILES string of the molecule is CCC(C)C(=O)Oc1ccc(C[C@H](N)C(=O)O[C@@H](C)COC(=O)Oc2ccccc2)cc1OC(=O)C(C)CC. The number of para-hydroxylation sites is 1. The van der Waals surface area contributed by atoms with Gasteiger partial charge in [0.2, 0.25) is 0 Å². The highest BCUT2D eigenvalue weighted by molar-refractivity contribution is 5.79. The quantitative estimate of drug-likeness (QED) is 0.216. The Hall–Kier alpha value is -3.92. The van der Waals surface area contributed by atoms with Crippen LogP contribution in [0.2, 0.25) is 0 Å². The Kier molecular flexibility index (Phi) is 12.4. The summed E-state index contributed by atoms with van der Waals surface area (Å²) >= 11 is 0. The fourth-order valence-electron chi connectivity index (χ4n) is 3.05. The van der Waals surface area contributed by atoms with Crippen molar-refractivity contribution in [2.45, 2.75) is 66.0 Å². The van der Waals surface area contributed by atoms with E-state index in [9.17, 15) is 19.2 Å². The summed E-state index contributed by atoms with van der Waals surface area (Å²) in [6, 6.07) is 12.0. The van der Waals surface area contributed by atoms with E-state index in [1.54, 1.807) is 57.2 Å². The van der Waals surface area contributed by atoms with Crippen LogP contribution in [0.3, 0.4) is 0 Å². The van der Waals surface area contributed by atoms with Gasteiger partial charge in [-0.1, -0.05) is 52.0 Å². The van der Waals surface area contributed by atoms with Crippen LogP contribution >= 0.6 is 0 Å². The van der Waals surface area contributed by atoms with Gasteiger partial charge < -0.3 is 29.4 Å². The molecule has 0 fully saturated rings. The van der Waals surface area contributed by atoms with Gasteiger partial charge in [0.25, 0.3) is 0 Å². The van der Waals surface area contributed by atoms with Crippen molar-refractivity contribution >= 4 is 24.1 Å². The molecule has 0 aliphatic heterocycles. The summed E-state index contributed by atoms with van der Waals surface area (Å²) in [5.41, 5.74) is 6.61. The second-order valence-electron chi connectivity index (χ2n) is 9.28. The van der Waals surface area contributed by atoms with Gasteiger partial charge in [-0.15, -0.1) is 0 Å². The smallest absolute Gasteiger partial charge is 0.458 e. The molecule has 0 heterocycles. The average molecular weight is 544 g/mol. The number of carbonyl (C=O) groups is 4. The normalized spacial score (nSPS) is 13.8. The third-order valence-electron chi connectivity index (χ3n) is 5.91. The average Bonchev–Trinajstić information content (AvgIpc) is 2.92. The largest absolute Gasteiger partial charge is 0.513 e. The number of ether oxygens (including phenoxy) is 5. The molecular weight excluding hydrogens is 506 g/mol. The van der Waals surface area contributed by atoms with Gasteiger partial charge in [-0.05, 0) is 56.0 Å². The molecule has 0 spiro atoms. The van der Waals surface area contributed by atoms with Crippen molar-refractivity contribution in [1.29, 1.82) is 0 Å². The minimum Gasteiger partial charge on any atom is -0.458 e. The molecule has 0 radical (unpaired) electrons. The molecule has 4 atom stereocenters. The molecule has 0 aliphatic rings. The van der Waals surface area contributed by atoms with E-state index < -0.39 is 36.2 Å². The standard InChI is InChI=1S/C29H37NO9/c1-6-18(3)26(31)38-24-14-13-21(16-25(24)39-27(32)19(4)7-2)15-23(30)28(33)36-20(5)17-35-29(34)37-22-11-9-8-10-12-22/h8-14,16,18-20,23H,6-7,15,17,30H2,1-5H3/t18?,19?,20-,23-/m0/s1. The van der Waals surface area contributed by atoms with Crippen LogP contribution in [0.5, 0.6) is 17.2 Å². The second-order valence-corrected chi connectivity index (χ2v) is 9.28. The Balaban J connectivity index is 2.00. The van der Waals surface area contributed by atoms with E-state index in [-0.39, 0.29) is 36.4 Å². The first-order valence-corrected chi connectivity index (χ1v) is 13.0. The van der Waals surface area contributed by atoms with Crippen LogP contribution in [0.1, 0.15) is 53.0 Å². The monoisotopic (exact) mass is 543 g/mol. The molecule has 0 saturated carbocycles. The number of esters is 3. The van der Waals surface area contributed by atoms with E-state index in [1.807, 2.05) is 13.8 Å². The molecule has 0 saturated heterocycles. The molecule has 0 aliphatic carbocycles. The number of hydrogen-bond acceptors (Lipinski definition) is 10. The van der Waals surface area contributed by atoms with E-state index in [4.69, 9.17) is 29.4 Å². The molecule has 0 aromatic heterocycles. The van der Waals surface area contributed by atoms with Gasteiger partial charge in [0.05, 0.1) is 11.8 Å². The van der Waals surface area contributed by atoms with Crippen LogP contribution in [0.25, 0.3) is 0 Å². The minimum atomic E-state index is -1.06. The van der Waals surface area contributed by atoms with Crippen molar-refractivity contribution in [2.75, 3.05) is 6.61 Å². The first kappa shape index (κ1) is 31.3. The first-order valence-electron chi connectivity index (χ1n) is 13.0. The molecule has 2 unspecified atom stereocenters. The van der Waals surface area contributed by atoms with Crippen LogP contribution in [0.15, 0.2) is 48.5 Å². The van der Waals surface area contributed by atoms with E-state index in [1.165, 1.54) is 12.1 Å². The highest BCUT2D eigenvalue weighted by Crippen LogP contribution is 2.31. The van der Waals surface area contributed by atoms with Crippen molar-refractivity contribution in [3.63, 3.8) is 0 Å². The van der Waals surface area contributed by atoms with Crippen LogP contribution in [-0.4, -0.2) is 42.8 Å². The minimum absolute atomic E-state index is 0.0515. The first-order chi connectivity index (χ1) is 18.5. The Labute approximate surface area is 228 Å². The fourth-order valence-corrected chi connectivity index (χ4v) is 3.05. The van der Waals surface area contributed by atoms with Crippen LogP contribution in [0, 0.1) is 11.8 Å². The topological polar surface area (TPSA) is 140 Å². The zero-order valence-electron chi connectivity index (χ0n) is 23.0. The molecule has 212 valence electrons. The second kappa shape index (κ2) is 15.5. The van der Waals surface area contributed by atoms with Gasteiger partial charge in [0, 0.05) is 0 Å². The molecule has 2 aromatic carbocycles. The lowest BCUT2D eigenvalue weighted by Crippen LogP contribution is -2.37. The zero-order valence-corrected chi connectivity index (χ0v) is 23.0. The maximum Gasteiger partial charge on any atom is 0.513 e. The van der Waals surface area contributed by atoms with Gasteiger partial charge in [0.1, 0.15) is 24.5 Å². The van der Waals surface area contributed by atoms with Crippen LogP contribution in [-0.2, 0) is 30.3 Å². The summed E-state index contributed by atoms with van der Waals surface area (Å²) < 4.78 is 26.3. The van der Waals surface area contributed by atoms with Crippen LogP contribution in [0.4, 0.5) is 4.79 Å². The molecule has 2 aromatic rings. The summed E-state index contributed by atoms with van der Waals surface area (Å²) in [5, 5.41) is 0. The molecule has 0 amide bonds. The maximum absolute atomic E-state index is 12.5. The lowest BCUT2D eigenvalue weighted by molar-refractivity contribution is -0.152. The fraction of sp³-hybridized carbons (Fsp3) is 0.448. The Morgan fingerprint density at radius 2 is 1.36 bits per heavy atom. The highest BCUT2D eigenvalue weighted by atomic mass is 16.7. The third-order valence-corrected chi connectivity index (χ3v) is 5.91. The third kappa shape index (κ3) is 10.4. The Morgan fingerprint density at radius 3 is 1.95 bits per heavy atom.